The number of nitrogens with one attached hydrogen (secondary N) is 1. The van der Waals surface area contributed by atoms with Crippen LogP contribution >= 0.6 is 0 Å². The van der Waals surface area contributed by atoms with E-state index in [0.29, 0.717) is 19.7 Å². The predicted molar refractivity (Wildman–Crippen MR) is 61.0 cm³/mol. The first-order valence-corrected chi connectivity index (χ1v) is 5.80. The van der Waals surface area contributed by atoms with E-state index in [-0.39, 0.29) is 0 Å². The van der Waals surface area contributed by atoms with Crippen LogP contribution in [0.1, 0.15) is 19.2 Å². The van der Waals surface area contributed by atoms with Crippen LogP contribution in [0.3, 0.4) is 0 Å². The van der Waals surface area contributed by atoms with Crippen molar-refractivity contribution in [3.63, 3.8) is 0 Å². The highest BCUT2D eigenvalue weighted by molar-refractivity contribution is 4.91. The smallest absolute Gasteiger partial charge is 0.261 e. The first-order chi connectivity index (χ1) is 8.24. The molecule has 17 heavy (non-hydrogen) atoms. The summed E-state index contributed by atoms with van der Waals surface area (Å²) in [4.78, 5) is 4.22. The second-order valence-corrected chi connectivity index (χ2v) is 3.68. The number of aryl methyl sites for hydroxylation is 1. The first-order valence-electron chi connectivity index (χ1n) is 5.80. The van der Waals surface area contributed by atoms with E-state index in [1.165, 1.54) is 0 Å². The minimum absolute atomic E-state index is 0.291. The Labute approximate surface area is 100.0 Å². The third-order valence-electron chi connectivity index (χ3n) is 2.22. The molecule has 4 nitrogen and oxygen atoms in total. The summed E-state index contributed by atoms with van der Waals surface area (Å²) in [6.45, 7) is 4.02. The van der Waals surface area contributed by atoms with Crippen molar-refractivity contribution in [1.29, 1.82) is 0 Å². The van der Waals surface area contributed by atoms with Crippen molar-refractivity contribution in [1.82, 2.24) is 14.9 Å². The molecule has 0 aromatic carbocycles. The van der Waals surface area contributed by atoms with E-state index < -0.39 is 13.0 Å². The number of ether oxygens (including phenoxy) is 1. The second-order valence-electron chi connectivity index (χ2n) is 3.68. The van der Waals surface area contributed by atoms with Crippen LogP contribution in [-0.2, 0) is 17.8 Å². The summed E-state index contributed by atoms with van der Waals surface area (Å²) in [6.07, 6.45) is 2.37. The number of imidazole rings is 1. The fourth-order valence-electron chi connectivity index (χ4n) is 1.47. The van der Waals surface area contributed by atoms with Crippen molar-refractivity contribution in [2.24, 2.45) is 0 Å². The molecule has 6 heteroatoms. The van der Waals surface area contributed by atoms with Crippen LogP contribution in [0, 0.1) is 0 Å². The normalized spacial score (nSPS) is 11.3. The third-order valence-corrected chi connectivity index (χ3v) is 2.22. The second kappa shape index (κ2) is 8.14. The van der Waals surface area contributed by atoms with E-state index in [4.69, 9.17) is 4.74 Å². The molecule has 0 aliphatic carbocycles. The van der Waals surface area contributed by atoms with Gasteiger partial charge in [0.2, 0.25) is 0 Å². The maximum atomic E-state index is 11.7. The number of aromatic nitrogens is 2. The Morgan fingerprint density at radius 1 is 1.53 bits per heavy atom. The lowest BCUT2D eigenvalue weighted by atomic mass is 10.4. The molecule has 0 saturated heterocycles. The molecule has 1 aromatic heterocycles. The van der Waals surface area contributed by atoms with E-state index in [1.807, 2.05) is 6.20 Å². The molecule has 0 spiro atoms. The Morgan fingerprint density at radius 2 is 2.35 bits per heavy atom. The maximum Gasteiger partial charge on any atom is 0.261 e. The number of nitrogens with zero attached hydrogens (tertiary/aromatic N) is 2. The summed E-state index contributed by atoms with van der Waals surface area (Å²) >= 11 is 0. The van der Waals surface area contributed by atoms with Gasteiger partial charge in [0.1, 0.15) is 12.4 Å². The van der Waals surface area contributed by atoms with Gasteiger partial charge in [-0.3, -0.25) is 0 Å². The molecule has 1 heterocycles. The highest BCUT2D eigenvalue weighted by Crippen LogP contribution is 1.98. The maximum absolute atomic E-state index is 11.7. The van der Waals surface area contributed by atoms with Crippen molar-refractivity contribution >= 4 is 0 Å². The molecule has 0 aliphatic heterocycles. The van der Waals surface area contributed by atoms with Crippen LogP contribution in [-0.4, -0.2) is 35.7 Å². The van der Waals surface area contributed by atoms with Gasteiger partial charge in [-0.25, -0.2) is 13.8 Å². The number of rotatable bonds is 9. The van der Waals surface area contributed by atoms with Crippen molar-refractivity contribution in [3.05, 3.63) is 18.2 Å². The summed E-state index contributed by atoms with van der Waals surface area (Å²) in [5.41, 5.74) is 0. The van der Waals surface area contributed by atoms with Crippen LogP contribution in [0.5, 0.6) is 0 Å². The number of hydrogen-bond donors (Lipinski definition) is 1. The lowest BCUT2D eigenvalue weighted by molar-refractivity contribution is 0.0186. The van der Waals surface area contributed by atoms with Gasteiger partial charge in [-0.1, -0.05) is 6.92 Å². The van der Waals surface area contributed by atoms with Crippen LogP contribution in [0.2, 0.25) is 0 Å². The fraction of sp³-hybridized carbons (Fsp3) is 0.727. The van der Waals surface area contributed by atoms with Crippen molar-refractivity contribution in [2.45, 2.75) is 32.9 Å². The lowest BCUT2D eigenvalue weighted by Crippen LogP contribution is -2.22. The molecule has 0 aliphatic rings. The van der Waals surface area contributed by atoms with Gasteiger partial charge >= 0.3 is 0 Å². The summed E-state index contributed by atoms with van der Waals surface area (Å²) in [5.74, 6) is 0.959. The van der Waals surface area contributed by atoms with E-state index in [9.17, 15) is 8.78 Å². The monoisotopic (exact) mass is 247 g/mol. The van der Waals surface area contributed by atoms with Crippen molar-refractivity contribution < 1.29 is 13.5 Å². The van der Waals surface area contributed by atoms with Gasteiger partial charge in [-0.15, -0.1) is 0 Å². The number of halogens is 2. The van der Waals surface area contributed by atoms with Gasteiger partial charge < -0.3 is 14.6 Å². The average molecular weight is 247 g/mol. The molecular formula is C11H19F2N3O. The molecule has 0 amide bonds. The van der Waals surface area contributed by atoms with Gasteiger partial charge in [0, 0.05) is 25.5 Å². The first kappa shape index (κ1) is 14.1. The van der Waals surface area contributed by atoms with Crippen molar-refractivity contribution in [2.75, 3.05) is 19.8 Å². The average Bonchev–Trinajstić information content (AvgIpc) is 2.71. The summed E-state index contributed by atoms with van der Waals surface area (Å²) in [7, 11) is 0. The largest absolute Gasteiger partial charge is 0.374 e. The molecular weight excluding hydrogens is 228 g/mol. The van der Waals surface area contributed by atoms with E-state index in [1.54, 1.807) is 6.20 Å². The summed E-state index contributed by atoms with van der Waals surface area (Å²) < 4.78 is 30.3. The minimum Gasteiger partial charge on any atom is -0.374 e. The standard InChI is InChI=1S/C11H19F2N3O/c1-2-5-16-6-3-15-11(16)8-14-4-7-17-9-10(12)13/h3,6,10,14H,2,4-5,7-9H2,1H3. The number of alkyl halides is 2. The Hall–Kier alpha value is -1.01. The molecule has 0 saturated carbocycles. The van der Waals surface area contributed by atoms with Crippen LogP contribution in [0.15, 0.2) is 12.4 Å². The molecule has 98 valence electrons. The van der Waals surface area contributed by atoms with Crippen LogP contribution in [0.25, 0.3) is 0 Å². The highest BCUT2D eigenvalue weighted by Gasteiger charge is 2.02. The van der Waals surface area contributed by atoms with Crippen molar-refractivity contribution in [3.8, 4) is 0 Å². The quantitative estimate of drug-likeness (QED) is 0.675. The SMILES string of the molecule is CCCn1ccnc1CNCCOCC(F)F. The van der Waals surface area contributed by atoms with Gasteiger partial charge in [0.05, 0.1) is 13.2 Å². The fourth-order valence-corrected chi connectivity index (χ4v) is 1.47. The molecule has 1 rings (SSSR count). The zero-order chi connectivity index (χ0) is 12.5. The molecule has 0 fully saturated rings. The molecule has 0 bridgehead atoms. The summed E-state index contributed by atoms with van der Waals surface area (Å²) in [6, 6.07) is 0. The van der Waals surface area contributed by atoms with Gasteiger partial charge in [-0.05, 0) is 6.42 Å². The molecule has 0 unspecified atom stereocenters. The molecule has 0 atom stereocenters. The van der Waals surface area contributed by atoms with E-state index in [0.717, 1.165) is 18.8 Å². The molecule has 0 radical (unpaired) electrons. The Bertz CT molecular complexity index is 305. The zero-order valence-electron chi connectivity index (χ0n) is 10.0. The van der Waals surface area contributed by atoms with Gasteiger partial charge in [0.15, 0.2) is 0 Å². The Balaban J connectivity index is 2.11. The molecule has 1 N–H and O–H groups in total. The predicted octanol–water partition coefficient (Wildman–Crippen LogP) is 1.66. The van der Waals surface area contributed by atoms with Crippen LogP contribution < -0.4 is 5.32 Å². The number of hydrogen-bond acceptors (Lipinski definition) is 3. The Kier molecular flexibility index (Phi) is 6.73. The minimum atomic E-state index is -2.39. The van der Waals surface area contributed by atoms with Gasteiger partial charge in [0.25, 0.3) is 6.43 Å². The van der Waals surface area contributed by atoms with Gasteiger partial charge in [-0.2, -0.15) is 0 Å². The lowest BCUT2D eigenvalue weighted by Gasteiger charge is -2.08. The topological polar surface area (TPSA) is 39.1 Å². The van der Waals surface area contributed by atoms with Crippen LogP contribution in [0.4, 0.5) is 8.78 Å². The summed E-state index contributed by atoms with van der Waals surface area (Å²) in [5, 5.41) is 3.11. The molecule has 1 aromatic rings. The Morgan fingerprint density at radius 3 is 3.06 bits per heavy atom. The van der Waals surface area contributed by atoms with E-state index >= 15 is 0 Å². The third kappa shape index (κ3) is 5.74. The zero-order valence-corrected chi connectivity index (χ0v) is 10.0. The highest BCUT2D eigenvalue weighted by atomic mass is 19.3. The van der Waals surface area contributed by atoms with E-state index in [2.05, 4.69) is 21.8 Å².